The van der Waals surface area contributed by atoms with Crippen LogP contribution >= 0.6 is 11.9 Å². The van der Waals surface area contributed by atoms with Crippen molar-refractivity contribution in [1.82, 2.24) is 29.4 Å². The lowest BCUT2D eigenvalue weighted by Gasteiger charge is -2.32. The predicted molar refractivity (Wildman–Crippen MR) is 124 cm³/mol. The molecule has 0 atom stereocenters. The third-order valence-electron chi connectivity index (χ3n) is 5.46. The van der Waals surface area contributed by atoms with Crippen molar-refractivity contribution < 1.29 is 4.74 Å². The molecule has 158 valence electrons. The lowest BCUT2D eigenvalue weighted by atomic mass is 10.2. The van der Waals surface area contributed by atoms with Gasteiger partial charge in [-0.25, -0.2) is 9.29 Å². The third kappa shape index (κ3) is 4.71. The highest BCUT2D eigenvalue weighted by Gasteiger charge is 2.16. The van der Waals surface area contributed by atoms with Gasteiger partial charge in [0.05, 0.1) is 16.9 Å². The summed E-state index contributed by atoms with van der Waals surface area (Å²) in [7, 11) is 0. The van der Waals surface area contributed by atoms with Crippen LogP contribution in [0, 0.1) is 0 Å². The van der Waals surface area contributed by atoms with Gasteiger partial charge in [-0.2, -0.15) is 5.10 Å². The van der Waals surface area contributed by atoms with Crippen LogP contribution in [0.5, 0.6) is 11.6 Å². The lowest BCUT2D eigenvalue weighted by Crippen LogP contribution is -2.42. The number of benzene rings is 1. The smallest absolute Gasteiger partial charge is 0.219 e. The number of H-pyrrole nitrogens is 1. The summed E-state index contributed by atoms with van der Waals surface area (Å²) in [5.41, 5.74) is 3.98. The third-order valence-corrected chi connectivity index (χ3v) is 6.35. The van der Waals surface area contributed by atoms with Crippen molar-refractivity contribution in [2.45, 2.75) is 6.54 Å². The van der Waals surface area contributed by atoms with Crippen LogP contribution < -0.4 is 4.74 Å². The summed E-state index contributed by atoms with van der Waals surface area (Å²) >= 11 is 1.83. The normalized spacial score (nSPS) is 15.4. The van der Waals surface area contributed by atoms with Gasteiger partial charge in [0, 0.05) is 62.1 Å². The maximum atomic E-state index is 5.95. The van der Waals surface area contributed by atoms with Gasteiger partial charge >= 0.3 is 0 Å². The van der Waals surface area contributed by atoms with E-state index in [9.17, 15) is 0 Å². The summed E-state index contributed by atoms with van der Waals surface area (Å²) in [5, 5.41) is 7.96. The van der Waals surface area contributed by atoms with Crippen LogP contribution in [0.1, 0.15) is 5.69 Å². The second kappa shape index (κ2) is 9.05. The van der Waals surface area contributed by atoms with Gasteiger partial charge in [0.25, 0.3) is 0 Å². The molecule has 0 radical (unpaired) electrons. The van der Waals surface area contributed by atoms with Crippen molar-refractivity contribution >= 4 is 22.9 Å². The summed E-state index contributed by atoms with van der Waals surface area (Å²) in [6.07, 6.45) is 5.64. The first-order valence-corrected chi connectivity index (χ1v) is 11.5. The van der Waals surface area contributed by atoms with Crippen molar-refractivity contribution in [1.29, 1.82) is 0 Å². The van der Waals surface area contributed by atoms with Gasteiger partial charge in [-0.05, 0) is 42.7 Å². The van der Waals surface area contributed by atoms with E-state index in [1.54, 1.807) is 12.4 Å². The van der Waals surface area contributed by atoms with Crippen molar-refractivity contribution in [2.24, 2.45) is 0 Å². The van der Waals surface area contributed by atoms with Gasteiger partial charge in [0.15, 0.2) is 0 Å². The molecule has 31 heavy (non-hydrogen) atoms. The number of rotatable bonds is 6. The van der Waals surface area contributed by atoms with E-state index in [4.69, 9.17) is 9.72 Å². The first-order chi connectivity index (χ1) is 15.3. The van der Waals surface area contributed by atoms with Crippen LogP contribution in [-0.2, 0) is 6.54 Å². The molecule has 0 saturated carbocycles. The van der Waals surface area contributed by atoms with Crippen LogP contribution in [0.25, 0.3) is 22.2 Å². The molecule has 0 unspecified atom stereocenters. The molecule has 1 aromatic carbocycles. The van der Waals surface area contributed by atoms with Crippen molar-refractivity contribution in [2.75, 3.05) is 32.4 Å². The number of nitrogens with zero attached hydrogens (tertiary/aromatic N) is 5. The van der Waals surface area contributed by atoms with Gasteiger partial charge in [-0.3, -0.25) is 15.0 Å². The Kier molecular flexibility index (Phi) is 5.84. The quantitative estimate of drug-likeness (QED) is 0.458. The average Bonchev–Trinajstić information content (AvgIpc) is 3.35. The van der Waals surface area contributed by atoms with E-state index in [0.717, 1.165) is 66.3 Å². The number of hydrogen-bond donors (Lipinski definition) is 1. The second-order valence-electron chi connectivity index (χ2n) is 7.50. The topological polar surface area (TPSA) is 70.2 Å². The number of piperazine rings is 1. The van der Waals surface area contributed by atoms with Gasteiger partial charge in [-0.1, -0.05) is 18.0 Å². The zero-order chi connectivity index (χ0) is 21.0. The molecule has 0 amide bonds. The highest BCUT2D eigenvalue weighted by Crippen LogP contribution is 2.26. The fourth-order valence-electron chi connectivity index (χ4n) is 3.73. The molecular formula is C23H24N6OS. The number of pyridine rings is 2. The maximum absolute atomic E-state index is 5.95. The Balaban J connectivity index is 1.25. The molecule has 8 heteroatoms. The summed E-state index contributed by atoms with van der Waals surface area (Å²) in [4.78, 5) is 11.7. The highest BCUT2D eigenvalue weighted by molar-refractivity contribution is 7.96. The molecule has 1 fully saturated rings. The van der Waals surface area contributed by atoms with Crippen molar-refractivity contribution in [3.8, 4) is 22.9 Å². The molecule has 1 saturated heterocycles. The molecule has 5 rings (SSSR count). The predicted octanol–water partition coefficient (Wildman–Crippen LogP) is 4.21. The van der Waals surface area contributed by atoms with E-state index < -0.39 is 0 Å². The minimum absolute atomic E-state index is 0.552. The van der Waals surface area contributed by atoms with Crippen LogP contribution in [0.4, 0.5) is 0 Å². The molecule has 0 aliphatic carbocycles. The molecule has 4 aromatic rings. The Bertz CT molecular complexity index is 1140. The lowest BCUT2D eigenvalue weighted by molar-refractivity contribution is 0.188. The Morgan fingerprint density at radius 1 is 1.03 bits per heavy atom. The molecular weight excluding hydrogens is 408 g/mol. The second-order valence-corrected chi connectivity index (χ2v) is 8.38. The summed E-state index contributed by atoms with van der Waals surface area (Å²) in [6.45, 7) is 5.26. The standard InChI is InChI=1S/C23H24N6OS/c1-31-29-12-10-28(11-13-29)16-19-4-2-17-14-20(5-6-21(17)26-19)30-23-7-3-18(15-24-23)22-8-9-25-27-22/h2-9,14-15H,10-13,16H2,1H3,(H,25,27). The molecule has 1 aliphatic rings. The monoisotopic (exact) mass is 432 g/mol. The van der Waals surface area contributed by atoms with Gasteiger partial charge in [-0.15, -0.1) is 0 Å². The van der Waals surface area contributed by atoms with Crippen LogP contribution in [0.3, 0.4) is 0 Å². The summed E-state index contributed by atoms with van der Waals surface area (Å²) < 4.78 is 8.36. The van der Waals surface area contributed by atoms with Crippen molar-refractivity contribution in [3.63, 3.8) is 0 Å². The van der Waals surface area contributed by atoms with Gasteiger partial charge < -0.3 is 4.74 Å². The molecule has 4 heterocycles. The van der Waals surface area contributed by atoms with E-state index >= 15 is 0 Å². The van der Waals surface area contributed by atoms with E-state index in [0.29, 0.717) is 5.88 Å². The minimum Gasteiger partial charge on any atom is -0.439 e. The van der Waals surface area contributed by atoms with E-state index in [-0.39, 0.29) is 0 Å². The van der Waals surface area contributed by atoms with E-state index in [2.05, 4.69) is 42.8 Å². The zero-order valence-corrected chi connectivity index (χ0v) is 18.2. The van der Waals surface area contributed by atoms with Gasteiger partial charge in [0.1, 0.15) is 5.75 Å². The van der Waals surface area contributed by atoms with Crippen LogP contribution in [0.2, 0.25) is 0 Å². The molecule has 7 nitrogen and oxygen atoms in total. The Labute approximate surface area is 185 Å². The van der Waals surface area contributed by atoms with Crippen LogP contribution in [0.15, 0.2) is 60.9 Å². The number of ether oxygens (including phenoxy) is 1. The molecule has 0 bridgehead atoms. The minimum atomic E-state index is 0.552. The number of hydrogen-bond acceptors (Lipinski definition) is 7. The van der Waals surface area contributed by atoms with E-state index in [1.165, 1.54) is 0 Å². The molecule has 1 N–H and O–H groups in total. The molecule has 1 aliphatic heterocycles. The Morgan fingerprint density at radius 3 is 2.68 bits per heavy atom. The number of aromatic amines is 1. The van der Waals surface area contributed by atoms with Crippen LogP contribution in [-0.4, -0.2) is 61.8 Å². The number of fused-ring (bicyclic) bond motifs is 1. The fourth-order valence-corrected chi connectivity index (χ4v) is 4.26. The first-order valence-electron chi connectivity index (χ1n) is 10.3. The number of nitrogens with one attached hydrogen (secondary N) is 1. The summed E-state index contributed by atoms with van der Waals surface area (Å²) in [5.74, 6) is 1.30. The SMILES string of the molecule is CSN1CCN(Cc2ccc3cc(Oc4ccc(-c5ccn[nH]5)cn4)ccc3n2)CC1. The number of aromatic nitrogens is 4. The Hall–Kier alpha value is -2.94. The average molecular weight is 433 g/mol. The van der Waals surface area contributed by atoms with Crippen molar-refractivity contribution in [3.05, 3.63) is 66.6 Å². The van der Waals surface area contributed by atoms with Gasteiger partial charge in [0.2, 0.25) is 5.88 Å². The Morgan fingerprint density at radius 2 is 1.94 bits per heavy atom. The fraction of sp³-hybridized carbons (Fsp3) is 0.261. The van der Waals surface area contributed by atoms with E-state index in [1.807, 2.05) is 48.3 Å². The molecule has 3 aromatic heterocycles. The first kappa shape index (κ1) is 20.0. The highest BCUT2D eigenvalue weighted by atomic mass is 32.2. The molecule has 0 spiro atoms. The largest absolute Gasteiger partial charge is 0.439 e. The maximum Gasteiger partial charge on any atom is 0.219 e. The zero-order valence-electron chi connectivity index (χ0n) is 17.4. The summed E-state index contributed by atoms with van der Waals surface area (Å²) in [6, 6.07) is 15.9.